The van der Waals surface area contributed by atoms with Crippen LogP contribution in [0.3, 0.4) is 0 Å². The quantitative estimate of drug-likeness (QED) is 0.910. The Labute approximate surface area is 118 Å². The Bertz CT molecular complexity index is 513. The Morgan fingerprint density at radius 3 is 3.11 bits per heavy atom. The highest BCUT2D eigenvalue weighted by atomic mass is 32.2. The van der Waals surface area contributed by atoms with E-state index in [1.165, 1.54) is 11.3 Å². The molecule has 108 valence electrons. The van der Waals surface area contributed by atoms with Crippen molar-refractivity contribution in [3.8, 4) is 0 Å². The van der Waals surface area contributed by atoms with Gasteiger partial charge in [0.15, 0.2) is 0 Å². The SMILES string of the molecule is CNCc1sccc1S(=O)(=O)N1CCCOC(C)C1. The van der Waals surface area contributed by atoms with E-state index < -0.39 is 10.0 Å². The van der Waals surface area contributed by atoms with Crippen LogP contribution in [0.4, 0.5) is 0 Å². The fraction of sp³-hybridized carbons (Fsp3) is 0.667. The maximum Gasteiger partial charge on any atom is 0.244 e. The van der Waals surface area contributed by atoms with Gasteiger partial charge < -0.3 is 10.1 Å². The van der Waals surface area contributed by atoms with Crippen molar-refractivity contribution in [2.45, 2.75) is 30.9 Å². The summed E-state index contributed by atoms with van der Waals surface area (Å²) in [6.45, 7) is 4.07. The zero-order chi connectivity index (χ0) is 13.9. The lowest BCUT2D eigenvalue weighted by Gasteiger charge is -2.21. The molecular formula is C12H20N2O3S2. The molecule has 0 aromatic carbocycles. The van der Waals surface area contributed by atoms with Crippen LogP contribution < -0.4 is 5.32 Å². The summed E-state index contributed by atoms with van der Waals surface area (Å²) in [5.74, 6) is 0. The molecule has 0 saturated carbocycles. The zero-order valence-electron chi connectivity index (χ0n) is 11.3. The fourth-order valence-electron chi connectivity index (χ4n) is 2.16. The molecule has 1 aromatic rings. The van der Waals surface area contributed by atoms with Crippen LogP contribution in [0.5, 0.6) is 0 Å². The molecule has 1 aromatic heterocycles. The summed E-state index contributed by atoms with van der Waals surface area (Å²) in [6, 6.07) is 1.70. The van der Waals surface area contributed by atoms with Gasteiger partial charge in [0.25, 0.3) is 0 Å². The van der Waals surface area contributed by atoms with Gasteiger partial charge in [-0.15, -0.1) is 11.3 Å². The van der Waals surface area contributed by atoms with Gasteiger partial charge in [0, 0.05) is 31.1 Å². The molecule has 1 aliphatic heterocycles. The number of rotatable bonds is 4. The number of ether oxygens (including phenoxy) is 1. The van der Waals surface area contributed by atoms with E-state index in [0.29, 0.717) is 31.1 Å². The van der Waals surface area contributed by atoms with E-state index in [-0.39, 0.29) is 6.10 Å². The highest BCUT2D eigenvalue weighted by Gasteiger charge is 2.30. The van der Waals surface area contributed by atoms with E-state index in [0.717, 1.165) is 11.3 Å². The van der Waals surface area contributed by atoms with Crippen LogP contribution in [-0.2, 0) is 21.3 Å². The predicted molar refractivity (Wildman–Crippen MR) is 75.9 cm³/mol. The van der Waals surface area contributed by atoms with Crippen LogP contribution in [0.2, 0.25) is 0 Å². The third-order valence-electron chi connectivity index (χ3n) is 3.07. The zero-order valence-corrected chi connectivity index (χ0v) is 12.9. The molecule has 1 fully saturated rings. The summed E-state index contributed by atoms with van der Waals surface area (Å²) < 4.78 is 32.4. The van der Waals surface area contributed by atoms with Gasteiger partial charge in [-0.1, -0.05) is 0 Å². The summed E-state index contributed by atoms with van der Waals surface area (Å²) in [5.41, 5.74) is 0. The smallest absolute Gasteiger partial charge is 0.244 e. The Kier molecular flexibility index (Phi) is 4.97. The van der Waals surface area contributed by atoms with Crippen LogP contribution in [0.15, 0.2) is 16.3 Å². The lowest BCUT2D eigenvalue weighted by Crippen LogP contribution is -2.36. The molecule has 1 unspecified atom stereocenters. The Hall–Kier alpha value is -0.470. The largest absolute Gasteiger partial charge is 0.377 e. The monoisotopic (exact) mass is 304 g/mol. The number of nitrogens with zero attached hydrogens (tertiary/aromatic N) is 1. The molecule has 7 heteroatoms. The second kappa shape index (κ2) is 6.32. The molecule has 19 heavy (non-hydrogen) atoms. The van der Waals surface area contributed by atoms with Gasteiger partial charge in [0.1, 0.15) is 0 Å². The minimum atomic E-state index is -3.40. The van der Waals surface area contributed by atoms with Gasteiger partial charge >= 0.3 is 0 Å². The number of nitrogens with one attached hydrogen (secondary N) is 1. The highest BCUT2D eigenvalue weighted by molar-refractivity contribution is 7.89. The normalized spacial score (nSPS) is 22.3. The molecule has 0 radical (unpaired) electrons. The average Bonchev–Trinajstić information content (AvgIpc) is 2.71. The molecular weight excluding hydrogens is 284 g/mol. The second-order valence-corrected chi connectivity index (χ2v) is 7.54. The van der Waals surface area contributed by atoms with Crippen molar-refractivity contribution < 1.29 is 13.2 Å². The third-order valence-corrected chi connectivity index (χ3v) is 6.07. The highest BCUT2D eigenvalue weighted by Crippen LogP contribution is 2.26. The standard InChI is InChI=1S/C12H20N2O3S2/c1-10-9-14(5-3-6-17-10)19(15,16)12-4-7-18-11(12)8-13-2/h4,7,10,13H,3,5-6,8-9H2,1-2H3. The summed E-state index contributed by atoms with van der Waals surface area (Å²) in [6.07, 6.45) is 0.693. The maximum atomic E-state index is 12.7. The van der Waals surface area contributed by atoms with Crippen molar-refractivity contribution in [1.82, 2.24) is 9.62 Å². The first-order valence-corrected chi connectivity index (χ1v) is 8.70. The van der Waals surface area contributed by atoms with E-state index in [9.17, 15) is 8.42 Å². The first kappa shape index (κ1) is 14.9. The van der Waals surface area contributed by atoms with Gasteiger partial charge in [0.2, 0.25) is 10.0 Å². The van der Waals surface area contributed by atoms with Crippen molar-refractivity contribution in [2.75, 3.05) is 26.7 Å². The van der Waals surface area contributed by atoms with Crippen LogP contribution in [-0.4, -0.2) is 45.6 Å². The van der Waals surface area contributed by atoms with Crippen molar-refractivity contribution in [3.63, 3.8) is 0 Å². The molecule has 0 amide bonds. The Morgan fingerprint density at radius 2 is 2.37 bits per heavy atom. The van der Waals surface area contributed by atoms with E-state index in [2.05, 4.69) is 5.32 Å². The molecule has 1 saturated heterocycles. The van der Waals surface area contributed by atoms with Crippen LogP contribution in [0.1, 0.15) is 18.2 Å². The third kappa shape index (κ3) is 3.35. The first-order valence-electron chi connectivity index (χ1n) is 6.38. The summed E-state index contributed by atoms with van der Waals surface area (Å²) in [7, 11) is -1.59. The molecule has 2 heterocycles. The summed E-state index contributed by atoms with van der Waals surface area (Å²) in [5, 5.41) is 4.84. The molecule has 1 N–H and O–H groups in total. The number of hydrogen-bond donors (Lipinski definition) is 1. The van der Waals surface area contributed by atoms with E-state index in [1.54, 1.807) is 10.4 Å². The Balaban J connectivity index is 2.27. The van der Waals surface area contributed by atoms with Crippen LogP contribution in [0, 0.1) is 0 Å². The predicted octanol–water partition coefficient (Wildman–Crippen LogP) is 1.27. The van der Waals surface area contributed by atoms with E-state index in [4.69, 9.17) is 4.74 Å². The van der Waals surface area contributed by atoms with Crippen molar-refractivity contribution in [1.29, 1.82) is 0 Å². The number of hydrogen-bond acceptors (Lipinski definition) is 5. The maximum absolute atomic E-state index is 12.7. The van der Waals surface area contributed by atoms with Crippen molar-refractivity contribution in [3.05, 3.63) is 16.3 Å². The van der Waals surface area contributed by atoms with Gasteiger partial charge in [-0.3, -0.25) is 0 Å². The second-order valence-electron chi connectivity index (χ2n) is 4.64. The van der Waals surface area contributed by atoms with Crippen molar-refractivity contribution in [2.24, 2.45) is 0 Å². The van der Waals surface area contributed by atoms with Crippen LogP contribution >= 0.6 is 11.3 Å². The lowest BCUT2D eigenvalue weighted by atomic mass is 10.4. The topological polar surface area (TPSA) is 58.6 Å². The van der Waals surface area contributed by atoms with E-state index >= 15 is 0 Å². The number of thiophene rings is 1. The number of sulfonamides is 1. The van der Waals surface area contributed by atoms with Gasteiger partial charge in [-0.05, 0) is 31.8 Å². The van der Waals surface area contributed by atoms with Gasteiger partial charge in [0.05, 0.1) is 11.0 Å². The van der Waals surface area contributed by atoms with Crippen molar-refractivity contribution >= 4 is 21.4 Å². The molecule has 0 aliphatic carbocycles. The molecule has 5 nitrogen and oxygen atoms in total. The van der Waals surface area contributed by atoms with Gasteiger partial charge in [-0.2, -0.15) is 4.31 Å². The van der Waals surface area contributed by atoms with Gasteiger partial charge in [-0.25, -0.2) is 8.42 Å². The summed E-state index contributed by atoms with van der Waals surface area (Å²) >= 11 is 1.47. The minimum absolute atomic E-state index is 0.0522. The van der Waals surface area contributed by atoms with E-state index in [1.807, 2.05) is 19.4 Å². The fourth-order valence-corrected chi connectivity index (χ4v) is 5.14. The average molecular weight is 304 g/mol. The first-order chi connectivity index (χ1) is 9.05. The lowest BCUT2D eigenvalue weighted by molar-refractivity contribution is 0.0752. The Morgan fingerprint density at radius 1 is 1.58 bits per heavy atom. The minimum Gasteiger partial charge on any atom is -0.377 e. The molecule has 0 bridgehead atoms. The van der Waals surface area contributed by atoms with Crippen LogP contribution in [0.25, 0.3) is 0 Å². The molecule has 1 atom stereocenters. The molecule has 1 aliphatic rings. The summed E-state index contributed by atoms with van der Waals surface area (Å²) in [4.78, 5) is 1.29. The molecule has 0 spiro atoms. The molecule has 2 rings (SSSR count).